The van der Waals surface area contributed by atoms with Gasteiger partial charge < -0.3 is 14.6 Å². The van der Waals surface area contributed by atoms with Crippen LogP contribution >= 0.6 is 0 Å². The van der Waals surface area contributed by atoms with Crippen LogP contribution in [0, 0.1) is 11.8 Å². The summed E-state index contributed by atoms with van der Waals surface area (Å²) in [5, 5.41) is 9.78. The molecular weight excluding hydrogens is 356 g/mol. The molecule has 0 amide bonds. The zero-order valence-electron chi connectivity index (χ0n) is 18.4. The first-order valence-electron chi connectivity index (χ1n) is 10.4. The van der Waals surface area contributed by atoms with Gasteiger partial charge >= 0.3 is 5.97 Å². The van der Waals surface area contributed by atoms with Crippen LogP contribution in [-0.4, -0.2) is 41.8 Å². The number of aliphatic hydroxyl groups is 1. The molecule has 0 aromatic carbocycles. The SMILES string of the molecule is CC(=O)OC/C=C(\C)CC[C@@H]1O[C@]1(CO)CCC[C@H](C)C(=O)/C=C(\C)C(C)C. The molecule has 1 aliphatic heterocycles. The van der Waals surface area contributed by atoms with Crippen molar-refractivity contribution in [2.24, 2.45) is 11.8 Å². The van der Waals surface area contributed by atoms with Crippen LogP contribution in [0.1, 0.15) is 73.6 Å². The minimum atomic E-state index is -0.442. The van der Waals surface area contributed by atoms with Gasteiger partial charge in [-0.05, 0) is 64.0 Å². The number of hydrogen-bond donors (Lipinski definition) is 1. The third-order valence-corrected chi connectivity index (χ3v) is 5.70. The molecule has 3 atom stereocenters. The minimum absolute atomic E-state index is 0.00639. The average molecular weight is 395 g/mol. The number of hydrogen-bond acceptors (Lipinski definition) is 5. The molecule has 5 nitrogen and oxygen atoms in total. The molecule has 0 unspecified atom stereocenters. The fraction of sp³-hybridized carbons (Fsp3) is 0.739. The van der Waals surface area contributed by atoms with E-state index in [1.165, 1.54) is 6.92 Å². The highest BCUT2D eigenvalue weighted by Crippen LogP contribution is 2.44. The third kappa shape index (κ3) is 8.27. The molecule has 1 saturated heterocycles. The lowest BCUT2D eigenvalue weighted by Gasteiger charge is -2.13. The molecule has 1 rings (SSSR count). The highest BCUT2D eigenvalue weighted by molar-refractivity contribution is 5.92. The number of rotatable bonds is 13. The average Bonchev–Trinajstić information content (AvgIpc) is 3.32. The molecule has 1 aliphatic rings. The van der Waals surface area contributed by atoms with Gasteiger partial charge in [0.05, 0.1) is 12.7 Å². The summed E-state index contributed by atoms with van der Waals surface area (Å²) in [5.74, 6) is 0.288. The highest BCUT2D eigenvalue weighted by atomic mass is 16.6. The molecule has 28 heavy (non-hydrogen) atoms. The summed E-state index contributed by atoms with van der Waals surface area (Å²) in [7, 11) is 0. The molecule has 0 aromatic heterocycles. The number of esters is 1. The minimum Gasteiger partial charge on any atom is -0.462 e. The molecule has 0 spiro atoms. The predicted molar refractivity (Wildman–Crippen MR) is 111 cm³/mol. The van der Waals surface area contributed by atoms with E-state index in [0.717, 1.165) is 43.3 Å². The Balaban J connectivity index is 2.36. The Morgan fingerprint density at radius 2 is 1.89 bits per heavy atom. The van der Waals surface area contributed by atoms with Gasteiger partial charge in [0, 0.05) is 12.8 Å². The second-order valence-corrected chi connectivity index (χ2v) is 8.46. The van der Waals surface area contributed by atoms with E-state index in [4.69, 9.17) is 9.47 Å². The van der Waals surface area contributed by atoms with Crippen LogP contribution in [0.4, 0.5) is 0 Å². The van der Waals surface area contributed by atoms with E-state index in [1.54, 1.807) is 6.08 Å². The Kier molecular flexibility index (Phi) is 10.1. The first-order chi connectivity index (χ1) is 13.1. The Bertz CT molecular complexity index is 590. The third-order valence-electron chi connectivity index (χ3n) is 5.70. The Morgan fingerprint density at radius 3 is 2.46 bits per heavy atom. The van der Waals surface area contributed by atoms with Crippen LogP contribution in [-0.2, 0) is 19.1 Å². The Morgan fingerprint density at radius 1 is 1.21 bits per heavy atom. The molecule has 0 radical (unpaired) electrons. The summed E-state index contributed by atoms with van der Waals surface area (Å²) in [5.41, 5.74) is 1.82. The molecular formula is C23H38O5. The van der Waals surface area contributed by atoms with Gasteiger partial charge in [-0.1, -0.05) is 31.9 Å². The fourth-order valence-corrected chi connectivity index (χ4v) is 3.15. The first kappa shape index (κ1) is 24.6. The van der Waals surface area contributed by atoms with Gasteiger partial charge in [-0.15, -0.1) is 0 Å². The van der Waals surface area contributed by atoms with Crippen LogP contribution in [0.2, 0.25) is 0 Å². The zero-order chi connectivity index (χ0) is 21.3. The molecule has 0 bridgehead atoms. The van der Waals surface area contributed by atoms with Crippen molar-refractivity contribution in [3.63, 3.8) is 0 Å². The Labute approximate surface area is 170 Å². The van der Waals surface area contributed by atoms with Gasteiger partial charge in [-0.25, -0.2) is 0 Å². The molecule has 0 aliphatic carbocycles. The van der Waals surface area contributed by atoms with Crippen LogP contribution in [0.15, 0.2) is 23.3 Å². The lowest BCUT2D eigenvalue weighted by atomic mass is 9.91. The molecule has 160 valence electrons. The number of aliphatic hydroxyl groups excluding tert-OH is 1. The number of allylic oxidation sites excluding steroid dienone is 3. The maximum atomic E-state index is 12.3. The predicted octanol–water partition coefficient (Wildman–Crippen LogP) is 4.38. The van der Waals surface area contributed by atoms with E-state index in [-0.39, 0.29) is 30.4 Å². The fourth-order valence-electron chi connectivity index (χ4n) is 3.15. The van der Waals surface area contributed by atoms with Crippen molar-refractivity contribution >= 4 is 11.8 Å². The van der Waals surface area contributed by atoms with Crippen LogP contribution in [0.25, 0.3) is 0 Å². The number of ether oxygens (including phenoxy) is 2. The molecule has 0 saturated carbocycles. The second-order valence-electron chi connectivity index (χ2n) is 8.46. The van der Waals surface area contributed by atoms with Gasteiger partial charge in [-0.3, -0.25) is 9.59 Å². The largest absolute Gasteiger partial charge is 0.462 e. The monoisotopic (exact) mass is 394 g/mol. The topological polar surface area (TPSA) is 76.1 Å². The van der Waals surface area contributed by atoms with E-state index < -0.39 is 5.60 Å². The summed E-state index contributed by atoms with van der Waals surface area (Å²) in [6.07, 6.45) is 7.87. The lowest BCUT2D eigenvalue weighted by molar-refractivity contribution is -0.139. The second kappa shape index (κ2) is 11.5. The van der Waals surface area contributed by atoms with E-state index in [0.29, 0.717) is 12.5 Å². The maximum absolute atomic E-state index is 12.3. The maximum Gasteiger partial charge on any atom is 0.302 e. The van der Waals surface area contributed by atoms with E-state index in [2.05, 4.69) is 13.8 Å². The quantitative estimate of drug-likeness (QED) is 0.217. The van der Waals surface area contributed by atoms with Crippen molar-refractivity contribution < 1.29 is 24.2 Å². The molecule has 1 heterocycles. The van der Waals surface area contributed by atoms with Crippen molar-refractivity contribution in [3.8, 4) is 0 Å². The number of epoxide rings is 1. The summed E-state index contributed by atoms with van der Waals surface area (Å²) in [4.78, 5) is 23.0. The van der Waals surface area contributed by atoms with Crippen molar-refractivity contribution in [1.29, 1.82) is 0 Å². The van der Waals surface area contributed by atoms with Gasteiger partial charge in [0.1, 0.15) is 12.2 Å². The molecule has 0 aromatic rings. The molecule has 1 fully saturated rings. The normalized spacial score (nSPS) is 23.6. The van der Waals surface area contributed by atoms with Gasteiger partial charge in [-0.2, -0.15) is 0 Å². The Hall–Kier alpha value is -1.46. The molecule has 5 heteroatoms. The van der Waals surface area contributed by atoms with Crippen molar-refractivity contribution in [2.45, 2.75) is 85.4 Å². The van der Waals surface area contributed by atoms with Gasteiger partial charge in [0.15, 0.2) is 5.78 Å². The van der Waals surface area contributed by atoms with Crippen molar-refractivity contribution in [2.75, 3.05) is 13.2 Å². The van der Waals surface area contributed by atoms with Crippen LogP contribution in [0.5, 0.6) is 0 Å². The highest BCUT2D eigenvalue weighted by Gasteiger charge is 2.54. The van der Waals surface area contributed by atoms with Crippen LogP contribution in [0.3, 0.4) is 0 Å². The number of carbonyl (C=O) groups is 2. The van der Waals surface area contributed by atoms with Gasteiger partial charge in [0.2, 0.25) is 0 Å². The van der Waals surface area contributed by atoms with Gasteiger partial charge in [0.25, 0.3) is 0 Å². The van der Waals surface area contributed by atoms with Crippen LogP contribution < -0.4 is 0 Å². The van der Waals surface area contributed by atoms with E-state index >= 15 is 0 Å². The van der Waals surface area contributed by atoms with Crippen molar-refractivity contribution in [3.05, 3.63) is 23.3 Å². The number of ketones is 1. The summed E-state index contributed by atoms with van der Waals surface area (Å²) >= 11 is 0. The standard InChI is InChI=1S/C23H38O5/c1-16(2)19(5)14-21(26)18(4)8-7-12-23(15-24)22(28-23)10-9-17(3)11-13-27-20(6)25/h11,14,16,18,22,24H,7-10,12-13,15H2,1-6H3/b17-11+,19-14+/t18-,22-,23-/m0/s1. The zero-order valence-corrected chi connectivity index (χ0v) is 18.4. The van der Waals surface area contributed by atoms with E-state index in [1.807, 2.05) is 26.8 Å². The first-order valence-corrected chi connectivity index (χ1v) is 10.4. The number of carbonyl (C=O) groups excluding carboxylic acids is 2. The van der Waals surface area contributed by atoms with E-state index in [9.17, 15) is 14.7 Å². The smallest absolute Gasteiger partial charge is 0.302 e. The summed E-state index contributed by atoms with van der Waals surface area (Å²) < 4.78 is 10.7. The summed E-state index contributed by atoms with van der Waals surface area (Å²) in [6.45, 7) is 11.9. The molecule has 1 N–H and O–H groups in total. The summed E-state index contributed by atoms with van der Waals surface area (Å²) in [6, 6.07) is 0. The van der Waals surface area contributed by atoms with Crippen molar-refractivity contribution in [1.82, 2.24) is 0 Å². The lowest BCUT2D eigenvalue weighted by Crippen LogP contribution is -2.21.